The van der Waals surface area contributed by atoms with Crippen LogP contribution in [0.2, 0.25) is 0 Å². The van der Waals surface area contributed by atoms with Crippen LogP contribution in [0.3, 0.4) is 0 Å². The van der Waals surface area contributed by atoms with Gasteiger partial charge in [0.05, 0.1) is 34.7 Å². The molecule has 0 radical (unpaired) electrons. The molecular formula is C19H13F3N4O4S. The maximum Gasteiger partial charge on any atom is 0.416 e. The second-order valence-corrected chi connectivity index (χ2v) is 7.68. The fraction of sp³-hybridized carbons (Fsp3) is 0.211. The summed E-state index contributed by atoms with van der Waals surface area (Å²) in [6.45, 7) is 0.870. The molecule has 31 heavy (non-hydrogen) atoms. The van der Waals surface area contributed by atoms with Gasteiger partial charge in [-0.2, -0.15) is 18.2 Å². The van der Waals surface area contributed by atoms with Crippen LogP contribution in [-0.4, -0.2) is 28.7 Å². The van der Waals surface area contributed by atoms with E-state index < -0.39 is 33.3 Å². The van der Waals surface area contributed by atoms with Gasteiger partial charge < -0.3 is 9.74 Å². The maximum absolute atomic E-state index is 13.0. The van der Waals surface area contributed by atoms with E-state index in [-0.39, 0.29) is 22.9 Å². The highest BCUT2D eigenvalue weighted by Crippen LogP contribution is 2.38. The Balaban J connectivity index is 1.56. The number of hydrogen-bond donors (Lipinski definition) is 0. The third-order valence-electron chi connectivity index (χ3n) is 4.50. The first-order chi connectivity index (χ1) is 14.7. The molecule has 1 aliphatic heterocycles. The monoisotopic (exact) mass is 450 g/mol. The molecule has 2 aromatic carbocycles. The molecule has 160 valence electrons. The van der Waals surface area contributed by atoms with Crippen LogP contribution in [-0.2, 0) is 17.6 Å². The summed E-state index contributed by atoms with van der Waals surface area (Å²) in [5, 5.41) is 15.1. The lowest BCUT2D eigenvalue weighted by Crippen LogP contribution is -2.48. The molecule has 1 saturated heterocycles. The average Bonchev–Trinajstić information content (AvgIpc) is 2.68. The van der Waals surface area contributed by atoms with Crippen LogP contribution in [0.15, 0.2) is 52.4 Å². The van der Waals surface area contributed by atoms with Gasteiger partial charge in [-0.05, 0) is 11.6 Å². The lowest BCUT2D eigenvalue weighted by Gasteiger charge is -2.32. The van der Waals surface area contributed by atoms with E-state index in [0.717, 1.165) is 16.9 Å². The fourth-order valence-electron chi connectivity index (χ4n) is 2.94. The molecule has 0 bridgehead atoms. The summed E-state index contributed by atoms with van der Waals surface area (Å²) in [5.74, 6) is 0. The van der Waals surface area contributed by atoms with E-state index in [2.05, 4.69) is 10.1 Å². The molecule has 2 heterocycles. The number of fused-ring (bicyclic) bond motifs is 1. The number of non-ortho nitro benzene ring substituents is 1. The first kappa shape index (κ1) is 20.7. The van der Waals surface area contributed by atoms with Crippen molar-refractivity contribution in [2.24, 2.45) is 5.16 Å². The smallest absolute Gasteiger partial charge is 0.391 e. The zero-order valence-corrected chi connectivity index (χ0v) is 16.4. The van der Waals surface area contributed by atoms with Gasteiger partial charge in [0.25, 0.3) is 11.2 Å². The molecule has 0 unspecified atom stereocenters. The molecule has 1 fully saturated rings. The number of rotatable bonds is 5. The zero-order chi connectivity index (χ0) is 22.2. The molecular weight excluding hydrogens is 437 g/mol. The molecule has 1 aliphatic rings. The second kappa shape index (κ2) is 7.95. The van der Waals surface area contributed by atoms with Crippen LogP contribution in [0.1, 0.15) is 11.1 Å². The van der Waals surface area contributed by atoms with E-state index in [9.17, 15) is 28.1 Å². The van der Waals surface area contributed by atoms with Crippen molar-refractivity contribution in [3.8, 4) is 0 Å². The fourth-order valence-corrected chi connectivity index (χ4v) is 4.00. The van der Waals surface area contributed by atoms with E-state index in [1.54, 1.807) is 4.90 Å². The Morgan fingerprint density at radius 3 is 2.58 bits per heavy atom. The second-order valence-electron chi connectivity index (χ2n) is 6.70. The minimum Gasteiger partial charge on any atom is -0.391 e. The Morgan fingerprint density at radius 1 is 1.23 bits per heavy atom. The number of aromatic nitrogens is 1. The van der Waals surface area contributed by atoms with Crippen molar-refractivity contribution in [1.82, 2.24) is 4.98 Å². The quantitative estimate of drug-likeness (QED) is 0.431. The molecule has 0 saturated carbocycles. The molecule has 0 spiro atoms. The molecule has 1 aromatic heterocycles. The van der Waals surface area contributed by atoms with Crippen LogP contribution in [0.5, 0.6) is 0 Å². The first-order valence-corrected chi connectivity index (χ1v) is 9.71. The van der Waals surface area contributed by atoms with Gasteiger partial charge in [-0.3, -0.25) is 14.9 Å². The summed E-state index contributed by atoms with van der Waals surface area (Å²) in [5.41, 5.74) is -1.37. The SMILES string of the molecule is O=c1nc(N2CC(=NOCc3ccccc3)C2)sc2c([N+](=O)[O-])cc(C(F)(F)F)cc12. The first-order valence-electron chi connectivity index (χ1n) is 8.89. The molecule has 0 aliphatic carbocycles. The molecule has 8 nitrogen and oxygen atoms in total. The molecule has 12 heteroatoms. The third-order valence-corrected chi connectivity index (χ3v) is 5.66. The number of halogens is 3. The molecule has 4 rings (SSSR count). The van der Waals surface area contributed by atoms with Crippen molar-refractivity contribution >= 4 is 38.0 Å². The minimum absolute atomic E-state index is 0.154. The van der Waals surface area contributed by atoms with Gasteiger partial charge in [0.2, 0.25) is 0 Å². The molecule has 0 amide bonds. The summed E-state index contributed by atoms with van der Waals surface area (Å²) >= 11 is 0.792. The van der Waals surface area contributed by atoms with E-state index in [0.29, 0.717) is 24.5 Å². The van der Waals surface area contributed by atoms with Crippen molar-refractivity contribution in [3.05, 3.63) is 74.1 Å². The number of anilines is 1. The summed E-state index contributed by atoms with van der Waals surface area (Å²) < 4.78 is 39.0. The van der Waals surface area contributed by atoms with Crippen molar-refractivity contribution < 1.29 is 22.9 Å². The van der Waals surface area contributed by atoms with Gasteiger partial charge in [0, 0.05) is 6.07 Å². The highest BCUT2D eigenvalue weighted by Gasteiger charge is 2.35. The van der Waals surface area contributed by atoms with E-state index in [1.165, 1.54) is 0 Å². The van der Waals surface area contributed by atoms with Crippen molar-refractivity contribution in [3.63, 3.8) is 0 Å². The van der Waals surface area contributed by atoms with Crippen LogP contribution in [0.4, 0.5) is 24.0 Å². The Bertz CT molecular complexity index is 1240. The van der Waals surface area contributed by atoms with Gasteiger partial charge in [-0.1, -0.05) is 46.8 Å². The van der Waals surface area contributed by atoms with E-state index in [1.807, 2.05) is 30.3 Å². The maximum atomic E-state index is 13.0. The van der Waals surface area contributed by atoms with Crippen molar-refractivity contribution in [2.45, 2.75) is 12.8 Å². The summed E-state index contributed by atoms with van der Waals surface area (Å²) in [6, 6.07) is 10.4. The largest absolute Gasteiger partial charge is 0.416 e. The third kappa shape index (κ3) is 4.33. The molecule has 0 atom stereocenters. The Labute approximate surface area is 176 Å². The summed E-state index contributed by atoms with van der Waals surface area (Å²) in [4.78, 5) is 33.5. The highest BCUT2D eigenvalue weighted by molar-refractivity contribution is 7.22. The van der Waals surface area contributed by atoms with E-state index in [4.69, 9.17) is 4.84 Å². The average molecular weight is 450 g/mol. The number of alkyl halides is 3. The van der Waals surface area contributed by atoms with Crippen molar-refractivity contribution in [2.75, 3.05) is 18.0 Å². The molecule has 3 aromatic rings. The number of nitro benzene ring substituents is 1. The lowest BCUT2D eigenvalue weighted by atomic mass is 10.1. The number of hydrogen-bond acceptors (Lipinski definition) is 8. The highest BCUT2D eigenvalue weighted by atomic mass is 32.1. The number of benzene rings is 2. The van der Waals surface area contributed by atoms with Crippen LogP contribution in [0.25, 0.3) is 10.1 Å². The Hall–Kier alpha value is -3.54. The van der Waals surface area contributed by atoms with Gasteiger partial charge in [0.1, 0.15) is 11.3 Å². The van der Waals surface area contributed by atoms with Crippen LogP contribution in [0, 0.1) is 10.1 Å². The predicted molar refractivity (Wildman–Crippen MR) is 108 cm³/mol. The Morgan fingerprint density at radius 2 is 1.94 bits per heavy atom. The van der Waals surface area contributed by atoms with Gasteiger partial charge in [0.15, 0.2) is 5.13 Å². The normalized spacial score (nSPS) is 13.8. The lowest BCUT2D eigenvalue weighted by molar-refractivity contribution is -0.383. The zero-order valence-electron chi connectivity index (χ0n) is 15.6. The van der Waals surface area contributed by atoms with E-state index >= 15 is 0 Å². The Kier molecular flexibility index (Phi) is 5.31. The number of oxime groups is 1. The van der Waals surface area contributed by atoms with Crippen LogP contribution >= 0.6 is 11.3 Å². The standard InChI is InChI=1S/C19H13F3N4O4S/c20-19(21,22)12-6-14-16(15(7-12)26(28)29)31-18(23-17(14)27)25-8-13(9-25)24-30-10-11-4-2-1-3-5-11/h1-7H,8-10H2. The topological polar surface area (TPSA) is 97.9 Å². The molecule has 0 N–H and O–H groups in total. The minimum atomic E-state index is -4.82. The summed E-state index contributed by atoms with van der Waals surface area (Å²) in [7, 11) is 0. The predicted octanol–water partition coefficient (Wildman–Crippen LogP) is 3.98. The van der Waals surface area contributed by atoms with Crippen molar-refractivity contribution in [1.29, 1.82) is 0 Å². The van der Waals surface area contributed by atoms with Gasteiger partial charge in [-0.25, -0.2) is 0 Å². The van der Waals surface area contributed by atoms with Gasteiger partial charge >= 0.3 is 6.18 Å². The summed E-state index contributed by atoms with van der Waals surface area (Å²) in [6.07, 6.45) is -4.82. The number of nitro groups is 1. The van der Waals surface area contributed by atoms with Gasteiger partial charge in [-0.15, -0.1) is 0 Å². The van der Waals surface area contributed by atoms with Crippen LogP contribution < -0.4 is 10.5 Å². The number of nitrogens with zero attached hydrogens (tertiary/aromatic N) is 4.